The van der Waals surface area contributed by atoms with E-state index in [1.54, 1.807) is 6.20 Å². The summed E-state index contributed by atoms with van der Waals surface area (Å²) in [6, 6.07) is 7.90. The minimum Gasteiger partial charge on any atom is -0.346 e. The lowest BCUT2D eigenvalue weighted by Crippen LogP contribution is -2.06. The highest BCUT2D eigenvalue weighted by atomic mass is 35.5. The minimum atomic E-state index is 0.165. The molecule has 0 spiro atoms. The average Bonchev–Trinajstić information content (AvgIpc) is 2.46. The van der Waals surface area contributed by atoms with Crippen LogP contribution in [0.1, 0.15) is 43.4 Å². The van der Waals surface area contributed by atoms with Gasteiger partial charge in [-0.2, -0.15) is 0 Å². The third-order valence-corrected chi connectivity index (χ3v) is 4.13. The van der Waals surface area contributed by atoms with Gasteiger partial charge in [-0.3, -0.25) is 4.98 Å². The van der Waals surface area contributed by atoms with Crippen LogP contribution < -0.4 is 5.32 Å². The molecule has 108 valence electrons. The first-order valence-corrected chi connectivity index (χ1v) is 7.62. The lowest BCUT2D eigenvalue weighted by atomic mass is 9.93. The Hall–Kier alpha value is -1.87. The fourth-order valence-corrected chi connectivity index (χ4v) is 2.50. The molecule has 21 heavy (non-hydrogen) atoms. The number of hydrogen-bond donors (Lipinski definition) is 1. The molecule has 4 heteroatoms. The second-order valence-electron chi connectivity index (χ2n) is 5.36. The fourth-order valence-electron chi connectivity index (χ4n) is 2.39. The van der Waals surface area contributed by atoms with E-state index in [1.807, 2.05) is 24.4 Å². The zero-order valence-electron chi connectivity index (χ0n) is 12.0. The van der Waals surface area contributed by atoms with Crippen molar-refractivity contribution in [2.75, 3.05) is 5.32 Å². The standard InChI is InChI=1S/C17H18ClN3/c1-12(16-8-7-14(18)11-20-16)15-6-3-9-19-17(15)21-10-13-4-2-5-13/h3,6-12H,2,4-5H2,1H3,(H,19,21). The summed E-state index contributed by atoms with van der Waals surface area (Å²) in [6.07, 6.45) is 9.29. The van der Waals surface area contributed by atoms with Crippen LogP contribution in [0, 0.1) is 0 Å². The molecule has 2 heterocycles. The van der Waals surface area contributed by atoms with Gasteiger partial charge in [0.25, 0.3) is 0 Å². The van der Waals surface area contributed by atoms with Gasteiger partial charge >= 0.3 is 0 Å². The molecule has 0 radical (unpaired) electrons. The largest absolute Gasteiger partial charge is 0.346 e. The summed E-state index contributed by atoms with van der Waals surface area (Å²) in [6.45, 7) is 2.13. The maximum Gasteiger partial charge on any atom is 0.133 e. The highest BCUT2D eigenvalue weighted by Crippen LogP contribution is 2.29. The number of hydrogen-bond acceptors (Lipinski definition) is 3. The SMILES string of the molecule is CC(c1ccc(Cl)cn1)c1cccnc1NC=C1CCC1. The van der Waals surface area contributed by atoms with Gasteiger partial charge in [0.1, 0.15) is 5.82 Å². The topological polar surface area (TPSA) is 37.8 Å². The van der Waals surface area contributed by atoms with E-state index in [2.05, 4.69) is 34.5 Å². The zero-order valence-corrected chi connectivity index (χ0v) is 12.8. The lowest BCUT2D eigenvalue weighted by Gasteiger charge is -2.18. The van der Waals surface area contributed by atoms with Crippen molar-refractivity contribution in [3.05, 3.63) is 64.7 Å². The molecule has 1 N–H and O–H groups in total. The predicted octanol–water partition coefficient (Wildman–Crippen LogP) is 4.76. The summed E-state index contributed by atoms with van der Waals surface area (Å²) < 4.78 is 0. The fraction of sp³-hybridized carbons (Fsp3) is 0.294. The summed E-state index contributed by atoms with van der Waals surface area (Å²) in [5.74, 6) is 1.07. The molecule has 3 nitrogen and oxygen atoms in total. The molecule has 0 bridgehead atoms. The van der Waals surface area contributed by atoms with Gasteiger partial charge < -0.3 is 5.32 Å². The molecule has 0 saturated heterocycles. The summed E-state index contributed by atoms with van der Waals surface area (Å²) >= 11 is 5.91. The summed E-state index contributed by atoms with van der Waals surface area (Å²) in [4.78, 5) is 8.88. The van der Waals surface area contributed by atoms with Gasteiger partial charge in [-0.1, -0.05) is 30.2 Å². The van der Waals surface area contributed by atoms with Crippen LogP contribution in [0.15, 0.2) is 48.4 Å². The molecule has 2 aromatic rings. The monoisotopic (exact) mass is 299 g/mol. The maximum atomic E-state index is 5.91. The summed E-state index contributed by atoms with van der Waals surface area (Å²) in [7, 11) is 0. The number of rotatable bonds is 4. The summed E-state index contributed by atoms with van der Waals surface area (Å²) in [5, 5.41) is 4.01. The Balaban J connectivity index is 1.85. The van der Waals surface area contributed by atoms with Crippen molar-refractivity contribution in [1.29, 1.82) is 0 Å². The Morgan fingerprint density at radius 1 is 1.24 bits per heavy atom. The molecular formula is C17H18ClN3. The molecule has 3 rings (SSSR count). The molecule has 1 fully saturated rings. The second kappa shape index (κ2) is 6.27. The van der Waals surface area contributed by atoms with Crippen molar-refractivity contribution in [2.45, 2.75) is 32.1 Å². The molecule has 1 atom stereocenters. The molecule has 2 aromatic heterocycles. The van der Waals surface area contributed by atoms with E-state index in [1.165, 1.54) is 24.8 Å². The van der Waals surface area contributed by atoms with Gasteiger partial charge in [0.2, 0.25) is 0 Å². The van der Waals surface area contributed by atoms with Crippen LogP contribution in [-0.4, -0.2) is 9.97 Å². The van der Waals surface area contributed by atoms with E-state index in [-0.39, 0.29) is 5.92 Å². The van der Waals surface area contributed by atoms with Crippen LogP contribution >= 0.6 is 11.6 Å². The first-order valence-electron chi connectivity index (χ1n) is 7.25. The third-order valence-electron chi connectivity index (χ3n) is 3.91. The zero-order chi connectivity index (χ0) is 14.7. The van der Waals surface area contributed by atoms with Gasteiger partial charge in [-0.05, 0) is 37.5 Å². The molecule has 0 amide bonds. The van der Waals surface area contributed by atoms with E-state index in [4.69, 9.17) is 11.6 Å². The third kappa shape index (κ3) is 3.24. The number of nitrogens with one attached hydrogen (secondary N) is 1. The number of pyridine rings is 2. The Morgan fingerprint density at radius 2 is 2.10 bits per heavy atom. The van der Waals surface area contributed by atoms with Gasteiger partial charge in [0.05, 0.1) is 5.02 Å². The van der Waals surface area contributed by atoms with Gasteiger partial charge in [0.15, 0.2) is 0 Å². The van der Waals surface area contributed by atoms with Crippen molar-refractivity contribution < 1.29 is 0 Å². The van der Waals surface area contributed by atoms with E-state index in [0.29, 0.717) is 5.02 Å². The van der Waals surface area contributed by atoms with Crippen molar-refractivity contribution in [3.8, 4) is 0 Å². The van der Waals surface area contributed by atoms with E-state index >= 15 is 0 Å². The predicted molar refractivity (Wildman–Crippen MR) is 86.6 cm³/mol. The Labute approximate surface area is 130 Å². The average molecular weight is 300 g/mol. The summed E-state index contributed by atoms with van der Waals surface area (Å²) in [5.41, 5.74) is 3.60. The molecule has 1 saturated carbocycles. The number of anilines is 1. The molecule has 0 aliphatic heterocycles. The van der Waals surface area contributed by atoms with E-state index < -0.39 is 0 Å². The molecule has 1 aliphatic rings. The van der Waals surface area contributed by atoms with E-state index in [0.717, 1.165) is 17.1 Å². The van der Waals surface area contributed by atoms with E-state index in [9.17, 15) is 0 Å². The number of nitrogens with zero attached hydrogens (tertiary/aromatic N) is 2. The van der Waals surface area contributed by atoms with Gasteiger partial charge in [0, 0.05) is 35.8 Å². The first kappa shape index (κ1) is 14.1. The van der Waals surface area contributed by atoms with Gasteiger partial charge in [-0.25, -0.2) is 4.98 Å². The van der Waals surface area contributed by atoms with Crippen molar-refractivity contribution >= 4 is 17.4 Å². The second-order valence-corrected chi connectivity index (χ2v) is 5.80. The number of aromatic nitrogens is 2. The first-order chi connectivity index (χ1) is 10.2. The van der Waals surface area contributed by atoms with Crippen LogP contribution in [0.2, 0.25) is 5.02 Å². The van der Waals surface area contributed by atoms with Crippen molar-refractivity contribution in [3.63, 3.8) is 0 Å². The molecule has 1 aliphatic carbocycles. The highest BCUT2D eigenvalue weighted by Gasteiger charge is 2.15. The molecule has 0 aromatic carbocycles. The van der Waals surface area contributed by atoms with Crippen molar-refractivity contribution in [2.24, 2.45) is 0 Å². The van der Waals surface area contributed by atoms with Crippen LogP contribution in [-0.2, 0) is 0 Å². The smallest absolute Gasteiger partial charge is 0.133 e. The number of allylic oxidation sites excluding steroid dienone is 1. The Morgan fingerprint density at radius 3 is 2.76 bits per heavy atom. The van der Waals surface area contributed by atoms with Crippen LogP contribution in [0.25, 0.3) is 0 Å². The Bertz CT molecular complexity index is 643. The normalized spacial score (nSPS) is 15.2. The van der Waals surface area contributed by atoms with Crippen LogP contribution in [0.5, 0.6) is 0 Å². The number of halogens is 1. The van der Waals surface area contributed by atoms with Crippen LogP contribution in [0.4, 0.5) is 5.82 Å². The quantitative estimate of drug-likeness (QED) is 0.884. The van der Waals surface area contributed by atoms with Crippen molar-refractivity contribution in [1.82, 2.24) is 9.97 Å². The Kier molecular flexibility index (Phi) is 4.20. The maximum absolute atomic E-state index is 5.91. The van der Waals surface area contributed by atoms with Gasteiger partial charge in [-0.15, -0.1) is 0 Å². The lowest BCUT2D eigenvalue weighted by molar-refractivity contribution is 0.661. The highest BCUT2D eigenvalue weighted by molar-refractivity contribution is 6.30. The molecule has 1 unspecified atom stereocenters. The molecular weight excluding hydrogens is 282 g/mol. The minimum absolute atomic E-state index is 0.165. The van der Waals surface area contributed by atoms with Crippen LogP contribution in [0.3, 0.4) is 0 Å².